The first-order chi connectivity index (χ1) is 23.0. The van der Waals surface area contributed by atoms with Crippen LogP contribution in [-0.4, -0.2) is 69.3 Å². The van der Waals surface area contributed by atoms with Crippen molar-refractivity contribution in [3.63, 3.8) is 0 Å². The summed E-state index contributed by atoms with van der Waals surface area (Å²) in [5.41, 5.74) is 6.98. The maximum atomic E-state index is 12.3. The number of nitrogens with one attached hydrogen (secondary N) is 1. The van der Waals surface area contributed by atoms with Crippen LogP contribution in [0.1, 0.15) is 54.8 Å². The number of para-hydroxylation sites is 1. The van der Waals surface area contributed by atoms with Crippen LogP contribution in [0.2, 0.25) is 0 Å². The normalized spacial score (nSPS) is 20.2. The number of imide groups is 1. The van der Waals surface area contributed by atoms with Gasteiger partial charge in [0.2, 0.25) is 11.8 Å². The molecular formula is C38H37N6O3+. The standard InChI is InChI=1S/C38H36N6O3/c45-36-4-2-1-3-31(36)34-23-35-33(40-34)17-22-44(35)29-9-11-32(39-24-29)26-13-18-42(19-14-26)28-15-20-43(21-16-28)27-7-5-25(6-8-27)30-10-12-37(46)41-38(30)47/h1-9,11,13,17,22-24,28,30H,10,12,14-16,18-21H2,(H,41,46,47)/p+1. The summed E-state index contributed by atoms with van der Waals surface area (Å²) in [5, 5.41) is 14.6. The van der Waals surface area contributed by atoms with E-state index >= 15 is 0 Å². The first-order valence-corrected chi connectivity index (χ1v) is 16.5. The van der Waals surface area contributed by atoms with Gasteiger partial charge in [-0.2, -0.15) is 0 Å². The fourth-order valence-corrected chi connectivity index (χ4v) is 7.40. The number of pyridine rings is 1. The van der Waals surface area contributed by atoms with Crippen LogP contribution in [-0.2, 0) is 9.59 Å². The lowest BCUT2D eigenvalue weighted by atomic mass is 9.90. The van der Waals surface area contributed by atoms with E-state index in [1.807, 2.05) is 54.9 Å². The van der Waals surface area contributed by atoms with E-state index in [4.69, 9.17) is 9.65 Å². The molecule has 4 aliphatic heterocycles. The van der Waals surface area contributed by atoms with Gasteiger partial charge in [-0.15, -0.1) is 0 Å². The summed E-state index contributed by atoms with van der Waals surface area (Å²) in [6.07, 6.45) is 12.5. The lowest BCUT2D eigenvalue weighted by molar-refractivity contribution is -0.134. The molecule has 1 unspecified atom stereocenters. The molecule has 2 fully saturated rings. The smallest absolute Gasteiger partial charge is 0.353 e. The minimum atomic E-state index is -0.239. The van der Waals surface area contributed by atoms with Crippen molar-refractivity contribution in [2.24, 2.45) is 0 Å². The molecule has 2 saturated heterocycles. The monoisotopic (exact) mass is 625 g/mol. The molecule has 47 heavy (non-hydrogen) atoms. The van der Waals surface area contributed by atoms with E-state index in [1.165, 1.54) is 11.3 Å². The molecular weight excluding hydrogens is 588 g/mol. The summed E-state index contributed by atoms with van der Waals surface area (Å²) in [4.78, 5) is 33.7. The van der Waals surface area contributed by atoms with Gasteiger partial charge >= 0.3 is 11.1 Å². The molecule has 1 atom stereocenters. The second-order valence-electron chi connectivity index (χ2n) is 12.8. The second-order valence-corrected chi connectivity index (χ2v) is 12.8. The number of anilines is 1. The first kappa shape index (κ1) is 29.2. The number of carbonyl (C=O) groups excluding carboxylic acids is 2. The molecule has 2 N–H and O–H groups in total. The Bertz CT molecular complexity index is 2050. The van der Waals surface area contributed by atoms with Crippen molar-refractivity contribution in [2.75, 3.05) is 31.1 Å². The summed E-state index contributed by atoms with van der Waals surface area (Å²) >= 11 is 0. The van der Waals surface area contributed by atoms with Crippen LogP contribution in [0.15, 0.2) is 85.2 Å². The molecule has 2 aromatic carbocycles. The van der Waals surface area contributed by atoms with Crippen molar-refractivity contribution in [3.8, 4) is 11.4 Å². The van der Waals surface area contributed by atoms with Crippen LogP contribution in [0, 0.1) is 0 Å². The van der Waals surface area contributed by atoms with Crippen molar-refractivity contribution in [3.05, 3.63) is 113 Å². The number of rotatable bonds is 6. The van der Waals surface area contributed by atoms with E-state index in [2.05, 4.69) is 50.0 Å². The zero-order chi connectivity index (χ0) is 31.9. The summed E-state index contributed by atoms with van der Waals surface area (Å²) in [5.74, 6) is -0.371. The van der Waals surface area contributed by atoms with Crippen molar-refractivity contribution in [1.82, 2.24) is 24.4 Å². The van der Waals surface area contributed by atoms with Crippen LogP contribution in [0.25, 0.3) is 17.3 Å². The number of hydrogen-bond acceptors (Lipinski definition) is 6. The molecule has 8 rings (SSSR count). The molecule has 4 aliphatic rings. The lowest BCUT2D eigenvalue weighted by Gasteiger charge is -2.40. The van der Waals surface area contributed by atoms with E-state index in [0.29, 0.717) is 18.9 Å². The highest BCUT2D eigenvalue weighted by molar-refractivity contribution is 6.21. The summed E-state index contributed by atoms with van der Waals surface area (Å²) in [6.45, 7) is 4.00. The molecule has 0 radical (unpaired) electrons. The fourth-order valence-electron chi connectivity index (χ4n) is 7.40. The predicted octanol–water partition coefficient (Wildman–Crippen LogP) is 2.83. The quantitative estimate of drug-likeness (QED) is 0.252. The highest BCUT2D eigenvalue weighted by Crippen LogP contribution is 2.30. The van der Waals surface area contributed by atoms with E-state index in [9.17, 15) is 14.7 Å². The minimum absolute atomic E-state index is 0.176. The van der Waals surface area contributed by atoms with Crippen LogP contribution < -0.4 is 25.6 Å². The van der Waals surface area contributed by atoms with Gasteiger partial charge < -0.3 is 14.6 Å². The number of hydrogen-bond donors (Lipinski definition) is 2. The number of nitrogens with zero attached hydrogens (tertiary/aromatic N) is 5. The summed E-state index contributed by atoms with van der Waals surface area (Å²) in [7, 11) is 0. The Morgan fingerprint density at radius 2 is 1.68 bits per heavy atom. The van der Waals surface area contributed by atoms with Crippen molar-refractivity contribution in [2.45, 2.75) is 44.1 Å². The highest BCUT2D eigenvalue weighted by Gasteiger charge is 2.29. The third kappa shape index (κ3) is 5.69. The van der Waals surface area contributed by atoms with Gasteiger partial charge in [0, 0.05) is 56.6 Å². The van der Waals surface area contributed by atoms with Gasteiger partial charge in [0.05, 0.1) is 29.6 Å². The Morgan fingerprint density at radius 3 is 2.40 bits per heavy atom. The predicted molar refractivity (Wildman–Crippen MR) is 182 cm³/mol. The average molecular weight is 626 g/mol. The van der Waals surface area contributed by atoms with Gasteiger partial charge in [0.25, 0.3) is 0 Å². The molecule has 0 saturated carbocycles. The third-order valence-corrected chi connectivity index (χ3v) is 10.1. The Labute approximate surface area is 272 Å². The van der Waals surface area contributed by atoms with Crippen molar-refractivity contribution >= 4 is 34.9 Å². The molecule has 0 aliphatic carbocycles. The molecule has 2 aromatic heterocycles. The van der Waals surface area contributed by atoms with E-state index in [1.54, 1.807) is 6.07 Å². The van der Waals surface area contributed by atoms with E-state index in [-0.39, 0.29) is 23.5 Å². The molecule has 9 nitrogen and oxygen atoms in total. The average Bonchev–Trinajstić information content (AvgIpc) is 3.71. The largest absolute Gasteiger partial charge is 0.507 e. The molecule has 9 heteroatoms. The van der Waals surface area contributed by atoms with Crippen LogP contribution in [0.4, 0.5) is 5.69 Å². The van der Waals surface area contributed by atoms with E-state index < -0.39 is 0 Å². The number of phenols is 1. The fraction of sp³-hybridized carbons (Fsp3) is 0.289. The summed E-state index contributed by atoms with van der Waals surface area (Å²) < 4.78 is 6.83. The summed E-state index contributed by atoms with van der Waals surface area (Å²) in [6, 6.07) is 22.4. The van der Waals surface area contributed by atoms with Gasteiger partial charge in [-0.25, -0.2) is 0 Å². The van der Waals surface area contributed by atoms with Gasteiger partial charge in [-0.3, -0.25) is 24.8 Å². The SMILES string of the molecule is O=C1CCC(c2ccc(N3CCC(N4CC=C(c5ccc(-n6ccc7c6=CC(c6ccccc6O)=[N+]=7)cn5)CC4)CC3)cc2)C(=O)N1. The topological polar surface area (TPSA) is 105 Å². The highest BCUT2D eigenvalue weighted by atomic mass is 16.3. The number of amides is 2. The molecule has 6 heterocycles. The number of aromatic nitrogens is 2. The van der Waals surface area contributed by atoms with Crippen LogP contribution in [0.3, 0.4) is 0 Å². The van der Waals surface area contributed by atoms with Gasteiger partial charge in [0.15, 0.2) is 0 Å². The maximum absolute atomic E-state index is 12.3. The number of carbonyl (C=O) groups is 2. The molecule has 2 amide bonds. The van der Waals surface area contributed by atoms with Gasteiger partial charge in [0.1, 0.15) is 16.7 Å². The van der Waals surface area contributed by atoms with Gasteiger partial charge in [-0.1, -0.05) is 35.0 Å². The molecule has 0 bridgehead atoms. The van der Waals surface area contributed by atoms with Crippen molar-refractivity contribution in [1.29, 1.82) is 0 Å². The number of piperidine rings is 2. The third-order valence-electron chi connectivity index (χ3n) is 10.1. The maximum Gasteiger partial charge on any atom is 0.353 e. The Kier molecular flexibility index (Phi) is 7.56. The first-order valence-electron chi connectivity index (χ1n) is 16.5. The second kappa shape index (κ2) is 12.2. The number of fused-ring (bicyclic) bond motifs is 1. The molecule has 4 aromatic rings. The van der Waals surface area contributed by atoms with Crippen LogP contribution in [0.5, 0.6) is 5.75 Å². The van der Waals surface area contributed by atoms with E-state index in [0.717, 1.165) is 84.4 Å². The molecule has 0 spiro atoms. The Balaban J connectivity index is 0.869. The van der Waals surface area contributed by atoms with Gasteiger partial charge in [-0.05, 0) is 73.2 Å². The lowest BCUT2D eigenvalue weighted by Crippen LogP contribution is -2.46. The zero-order valence-corrected chi connectivity index (χ0v) is 26.2. The Morgan fingerprint density at radius 1 is 0.872 bits per heavy atom. The van der Waals surface area contributed by atoms with Crippen LogP contribution >= 0.6 is 0 Å². The Hall–Kier alpha value is -5.24. The minimum Gasteiger partial charge on any atom is -0.507 e. The number of aromatic hydroxyl groups is 1. The number of benzene rings is 2. The zero-order valence-electron chi connectivity index (χ0n) is 26.2. The van der Waals surface area contributed by atoms with Crippen molar-refractivity contribution < 1.29 is 14.7 Å². The number of phenolic OH excluding ortho intramolecular Hbond substituents is 1. The molecule has 236 valence electrons.